The Kier molecular flexibility index (Phi) is 9.22. The highest BCUT2D eigenvalue weighted by Gasteiger charge is 1.92. The maximum Gasteiger partial charge on any atom is 0.0965 e. The summed E-state index contributed by atoms with van der Waals surface area (Å²) < 4.78 is 5.58. The summed E-state index contributed by atoms with van der Waals surface area (Å²) in [5, 5.41) is 0. The molecule has 0 saturated heterocycles. The van der Waals surface area contributed by atoms with Crippen LogP contribution in [-0.4, -0.2) is 13.1 Å². The third-order valence-electron chi connectivity index (χ3n) is 2.00. The van der Waals surface area contributed by atoms with Crippen molar-refractivity contribution in [2.75, 3.05) is 13.1 Å². The first kappa shape index (κ1) is 14.2. The van der Waals surface area contributed by atoms with Crippen molar-refractivity contribution in [3.05, 3.63) is 23.7 Å². The molecule has 0 bridgehead atoms. The summed E-state index contributed by atoms with van der Waals surface area (Å²) in [6.45, 7) is 5.40. The van der Waals surface area contributed by atoms with E-state index in [1.165, 1.54) is 0 Å². The highest BCUT2D eigenvalue weighted by atomic mass is 16.5. The lowest BCUT2D eigenvalue weighted by Gasteiger charge is -2.06. The van der Waals surface area contributed by atoms with Crippen LogP contribution in [0.5, 0.6) is 0 Å². The molecule has 0 saturated carbocycles. The van der Waals surface area contributed by atoms with E-state index in [0.717, 1.165) is 50.3 Å². The molecule has 0 unspecified atom stereocenters. The van der Waals surface area contributed by atoms with Crippen LogP contribution in [0, 0.1) is 0 Å². The van der Waals surface area contributed by atoms with Crippen molar-refractivity contribution in [3.63, 3.8) is 0 Å². The molecule has 0 rings (SSSR count). The fourth-order valence-electron chi connectivity index (χ4n) is 1.18. The summed E-state index contributed by atoms with van der Waals surface area (Å²) in [5.41, 5.74) is 10.8. The largest absolute Gasteiger partial charge is 0.467 e. The molecule has 0 radical (unpaired) electrons. The fourth-order valence-corrected chi connectivity index (χ4v) is 1.18. The molecule has 0 spiro atoms. The molecule has 3 heteroatoms. The minimum atomic E-state index is 0.731. The number of hydrogen-bond acceptors (Lipinski definition) is 3. The third kappa shape index (κ3) is 9.50. The summed E-state index contributed by atoms with van der Waals surface area (Å²) >= 11 is 0. The molecule has 0 aromatic carbocycles. The van der Waals surface area contributed by atoms with Crippen LogP contribution in [0.1, 0.15) is 39.5 Å². The SMILES string of the molecule is CC(=CCCCN)OC(C)=CCCCN. The summed E-state index contributed by atoms with van der Waals surface area (Å²) in [4.78, 5) is 0. The van der Waals surface area contributed by atoms with E-state index < -0.39 is 0 Å². The molecule has 0 aliphatic rings. The van der Waals surface area contributed by atoms with Crippen molar-refractivity contribution in [2.24, 2.45) is 11.5 Å². The number of nitrogens with two attached hydrogens (primary N) is 2. The van der Waals surface area contributed by atoms with Crippen molar-refractivity contribution >= 4 is 0 Å². The molecular weight excluding hydrogens is 188 g/mol. The number of ether oxygens (including phenoxy) is 1. The Labute approximate surface area is 93.2 Å². The molecule has 88 valence electrons. The second-order valence-corrected chi connectivity index (χ2v) is 3.59. The van der Waals surface area contributed by atoms with E-state index in [0.29, 0.717) is 0 Å². The van der Waals surface area contributed by atoms with Crippen LogP contribution in [0.2, 0.25) is 0 Å². The average Bonchev–Trinajstić information content (AvgIpc) is 2.18. The summed E-state index contributed by atoms with van der Waals surface area (Å²) in [6, 6.07) is 0. The molecule has 3 nitrogen and oxygen atoms in total. The average molecular weight is 212 g/mol. The minimum absolute atomic E-state index is 0.731. The van der Waals surface area contributed by atoms with Gasteiger partial charge in [-0.05, 0) is 64.8 Å². The van der Waals surface area contributed by atoms with Gasteiger partial charge in [0.2, 0.25) is 0 Å². The van der Waals surface area contributed by atoms with E-state index in [2.05, 4.69) is 12.2 Å². The molecule has 0 aliphatic heterocycles. The molecule has 0 aromatic rings. The lowest BCUT2D eigenvalue weighted by atomic mass is 10.2. The van der Waals surface area contributed by atoms with Crippen molar-refractivity contribution in [1.29, 1.82) is 0 Å². The van der Waals surface area contributed by atoms with Gasteiger partial charge in [0.25, 0.3) is 0 Å². The van der Waals surface area contributed by atoms with Gasteiger partial charge in [-0.25, -0.2) is 0 Å². The fraction of sp³-hybridized carbons (Fsp3) is 0.667. The lowest BCUT2D eigenvalue weighted by molar-refractivity contribution is 0.305. The maximum absolute atomic E-state index is 5.58. The van der Waals surface area contributed by atoms with Gasteiger partial charge in [0.15, 0.2) is 0 Å². The Morgan fingerprint density at radius 3 is 1.67 bits per heavy atom. The molecule has 4 N–H and O–H groups in total. The van der Waals surface area contributed by atoms with Gasteiger partial charge in [0, 0.05) is 0 Å². The van der Waals surface area contributed by atoms with Crippen LogP contribution in [0.25, 0.3) is 0 Å². The number of unbranched alkanes of at least 4 members (excludes halogenated alkanes) is 2. The Bertz CT molecular complexity index is 188. The second kappa shape index (κ2) is 9.74. The van der Waals surface area contributed by atoms with Gasteiger partial charge in [0.05, 0.1) is 11.5 Å². The van der Waals surface area contributed by atoms with E-state index in [1.807, 2.05) is 13.8 Å². The van der Waals surface area contributed by atoms with E-state index in [-0.39, 0.29) is 0 Å². The first-order chi connectivity index (χ1) is 7.20. The molecule has 0 fully saturated rings. The zero-order chi connectivity index (χ0) is 11.5. The normalized spacial score (nSPS) is 13.1. The van der Waals surface area contributed by atoms with Crippen LogP contribution in [0.4, 0.5) is 0 Å². The predicted octanol–water partition coefficient (Wildman–Crippen LogP) is 2.29. The molecule has 15 heavy (non-hydrogen) atoms. The quantitative estimate of drug-likeness (QED) is 0.479. The van der Waals surface area contributed by atoms with Crippen molar-refractivity contribution in [2.45, 2.75) is 39.5 Å². The minimum Gasteiger partial charge on any atom is -0.467 e. The number of rotatable bonds is 8. The standard InChI is InChI=1S/C12H24N2O/c1-11(7-3-5-9-13)15-12(2)8-4-6-10-14/h7-8H,3-6,9-10,13-14H2,1-2H3. The van der Waals surface area contributed by atoms with Gasteiger partial charge in [-0.3, -0.25) is 0 Å². The van der Waals surface area contributed by atoms with Gasteiger partial charge in [0.1, 0.15) is 0 Å². The zero-order valence-corrected chi connectivity index (χ0v) is 9.96. The van der Waals surface area contributed by atoms with E-state index in [9.17, 15) is 0 Å². The summed E-state index contributed by atoms with van der Waals surface area (Å²) in [6.07, 6.45) is 8.14. The van der Waals surface area contributed by atoms with Crippen molar-refractivity contribution in [1.82, 2.24) is 0 Å². The topological polar surface area (TPSA) is 61.3 Å². The van der Waals surface area contributed by atoms with E-state index >= 15 is 0 Å². The Morgan fingerprint density at radius 1 is 0.933 bits per heavy atom. The third-order valence-corrected chi connectivity index (χ3v) is 2.00. The van der Waals surface area contributed by atoms with Gasteiger partial charge >= 0.3 is 0 Å². The second-order valence-electron chi connectivity index (χ2n) is 3.59. The Balaban J connectivity index is 3.78. The van der Waals surface area contributed by atoms with Crippen molar-refractivity contribution < 1.29 is 4.74 Å². The summed E-state index contributed by atoms with van der Waals surface area (Å²) in [7, 11) is 0. The van der Waals surface area contributed by atoms with E-state index in [1.54, 1.807) is 0 Å². The first-order valence-corrected chi connectivity index (χ1v) is 5.62. The van der Waals surface area contributed by atoms with Crippen LogP contribution in [-0.2, 0) is 4.74 Å². The molecule has 0 amide bonds. The van der Waals surface area contributed by atoms with Gasteiger partial charge < -0.3 is 16.2 Å². The molecule has 0 atom stereocenters. The van der Waals surface area contributed by atoms with Crippen LogP contribution in [0.3, 0.4) is 0 Å². The number of allylic oxidation sites excluding steroid dienone is 4. The van der Waals surface area contributed by atoms with Crippen LogP contribution < -0.4 is 11.5 Å². The molecule has 0 aromatic heterocycles. The lowest BCUT2D eigenvalue weighted by Crippen LogP contribution is -1.97. The van der Waals surface area contributed by atoms with Gasteiger partial charge in [-0.15, -0.1) is 0 Å². The zero-order valence-electron chi connectivity index (χ0n) is 9.96. The maximum atomic E-state index is 5.58. The predicted molar refractivity (Wildman–Crippen MR) is 65.2 cm³/mol. The molecule has 0 heterocycles. The highest BCUT2D eigenvalue weighted by molar-refractivity contribution is 4.97. The van der Waals surface area contributed by atoms with Crippen LogP contribution in [0.15, 0.2) is 23.7 Å². The van der Waals surface area contributed by atoms with E-state index in [4.69, 9.17) is 16.2 Å². The van der Waals surface area contributed by atoms with Crippen LogP contribution >= 0.6 is 0 Å². The first-order valence-electron chi connectivity index (χ1n) is 5.62. The highest BCUT2D eigenvalue weighted by Crippen LogP contribution is 2.08. The monoisotopic (exact) mass is 212 g/mol. The summed E-state index contributed by atoms with van der Waals surface area (Å²) in [5.74, 6) is 1.90. The Hall–Kier alpha value is -0.800. The van der Waals surface area contributed by atoms with Gasteiger partial charge in [-0.1, -0.05) is 0 Å². The smallest absolute Gasteiger partial charge is 0.0965 e. The molecule has 0 aliphatic carbocycles. The Morgan fingerprint density at radius 2 is 1.33 bits per heavy atom. The van der Waals surface area contributed by atoms with Gasteiger partial charge in [-0.2, -0.15) is 0 Å². The van der Waals surface area contributed by atoms with Crippen molar-refractivity contribution in [3.8, 4) is 0 Å². The number of hydrogen-bond donors (Lipinski definition) is 2. The molecular formula is C12H24N2O.